The van der Waals surface area contributed by atoms with Crippen LogP contribution in [0.15, 0.2) is 152 Å². The van der Waals surface area contributed by atoms with E-state index in [9.17, 15) is 0 Å². The van der Waals surface area contributed by atoms with Gasteiger partial charge in [0.25, 0.3) is 0 Å². The van der Waals surface area contributed by atoms with Gasteiger partial charge in [0, 0.05) is 46.4 Å². The summed E-state index contributed by atoms with van der Waals surface area (Å²) in [5.74, 6) is 1.91. The zero-order chi connectivity index (χ0) is 29.3. The number of aromatic nitrogens is 5. The normalized spacial score (nSPS) is 11.2. The van der Waals surface area contributed by atoms with Gasteiger partial charge in [0.05, 0.1) is 5.69 Å². The molecular formula is C39H25N5. The Morgan fingerprint density at radius 3 is 1.32 bits per heavy atom. The molecule has 0 spiro atoms. The summed E-state index contributed by atoms with van der Waals surface area (Å²) >= 11 is 0. The van der Waals surface area contributed by atoms with E-state index in [4.69, 9.17) is 19.9 Å². The van der Waals surface area contributed by atoms with Gasteiger partial charge in [-0.3, -0.25) is 9.97 Å². The van der Waals surface area contributed by atoms with Crippen molar-refractivity contribution in [3.63, 3.8) is 0 Å². The second kappa shape index (κ2) is 11.0. The molecule has 206 valence electrons. The molecule has 3 aromatic heterocycles. The van der Waals surface area contributed by atoms with Gasteiger partial charge in [-0.05, 0) is 45.3 Å². The van der Waals surface area contributed by atoms with Crippen molar-refractivity contribution in [1.82, 2.24) is 24.9 Å². The molecule has 0 unspecified atom stereocenters. The molecule has 0 radical (unpaired) electrons. The maximum absolute atomic E-state index is 5.10. The minimum absolute atomic E-state index is 0.637. The SMILES string of the molecule is c1ccc(-c2nc(-c3ccccc3)nc(-c3c4ccccc4c(-c4ccc(-c5ccncc5)cn4)c4ccccc34)n2)cc1. The van der Waals surface area contributed by atoms with E-state index in [0.29, 0.717) is 17.5 Å². The zero-order valence-corrected chi connectivity index (χ0v) is 23.7. The van der Waals surface area contributed by atoms with Crippen LogP contribution in [0.1, 0.15) is 0 Å². The highest BCUT2D eigenvalue weighted by Gasteiger charge is 2.20. The van der Waals surface area contributed by atoms with Crippen LogP contribution in [0.25, 0.3) is 78.1 Å². The van der Waals surface area contributed by atoms with Crippen LogP contribution in [0.5, 0.6) is 0 Å². The van der Waals surface area contributed by atoms with E-state index in [-0.39, 0.29) is 0 Å². The quantitative estimate of drug-likeness (QED) is 0.195. The highest BCUT2D eigenvalue weighted by atomic mass is 15.0. The molecule has 0 atom stereocenters. The summed E-state index contributed by atoms with van der Waals surface area (Å²) in [6.07, 6.45) is 5.54. The molecule has 0 saturated carbocycles. The van der Waals surface area contributed by atoms with Crippen LogP contribution in [0, 0.1) is 0 Å². The predicted molar refractivity (Wildman–Crippen MR) is 178 cm³/mol. The summed E-state index contributed by atoms with van der Waals surface area (Å²) in [6, 6.07) is 45.3. The van der Waals surface area contributed by atoms with Gasteiger partial charge in [0.2, 0.25) is 0 Å². The molecule has 0 aliphatic carbocycles. The molecule has 3 heterocycles. The molecule has 5 aromatic carbocycles. The summed E-state index contributed by atoms with van der Waals surface area (Å²) in [7, 11) is 0. The first-order valence-electron chi connectivity index (χ1n) is 14.5. The Labute approximate surface area is 254 Å². The van der Waals surface area contributed by atoms with E-state index in [2.05, 4.69) is 65.6 Å². The van der Waals surface area contributed by atoms with Crippen LogP contribution >= 0.6 is 0 Å². The molecule has 0 aliphatic rings. The highest BCUT2D eigenvalue weighted by Crippen LogP contribution is 2.43. The monoisotopic (exact) mass is 563 g/mol. The van der Waals surface area contributed by atoms with E-state index in [0.717, 1.165) is 60.6 Å². The number of rotatable bonds is 5. The lowest BCUT2D eigenvalue weighted by molar-refractivity contribution is 1.08. The Bertz CT molecular complexity index is 2140. The molecule has 0 bridgehead atoms. The van der Waals surface area contributed by atoms with E-state index < -0.39 is 0 Å². The lowest BCUT2D eigenvalue weighted by Crippen LogP contribution is -2.01. The zero-order valence-electron chi connectivity index (χ0n) is 23.7. The van der Waals surface area contributed by atoms with E-state index >= 15 is 0 Å². The Morgan fingerprint density at radius 1 is 0.341 bits per heavy atom. The van der Waals surface area contributed by atoms with Gasteiger partial charge < -0.3 is 0 Å². The standard InChI is InChI=1S/C39H25N5/c1-3-11-27(12-4-1)37-42-38(28-13-5-2-6-14-28)44-39(43-37)36-32-17-9-7-15-30(32)35(31-16-8-10-18-33(31)36)34-20-19-29(25-41-34)26-21-23-40-24-22-26/h1-25H. The molecule has 0 aliphatic heterocycles. The van der Waals surface area contributed by atoms with Gasteiger partial charge in [-0.15, -0.1) is 0 Å². The molecule has 0 saturated heterocycles. The number of nitrogens with zero attached hydrogens (tertiary/aromatic N) is 5. The van der Waals surface area contributed by atoms with E-state index in [1.165, 1.54) is 0 Å². The van der Waals surface area contributed by atoms with Crippen LogP contribution in [0.2, 0.25) is 0 Å². The molecule has 8 aromatic rings. The Hall–Kier alpha value is -6.07. The van der Waals surface area contributed by atoms with Gasteiger partial charge in [-0.1, -0.05) is 115 Å². The summed E-state index contributed by atoms with van der Waals surface area (Å²) in [5, 5.41) is 4.30. The lowest BCUT2D eigenvalue weighted by Gasteiger charge is -2.17. The molecule has 0 fully saturated rings. The van der Waals surface area contributed by atoms with Crippen molar-refractivity contribution in [2.45, 2.75) is 0 Å². The number of benzene rings is 5. The minimum atomic E-state index is 0.637. The molecular weight excluding hydrogens is 538 g/mol. The highest BCUT2D eigenvalue weighted by molar-refractivity contribution is 6.20. The Kier molecular flexibility index (Phi) is 6.39. The lowest BCUT2D eigenvalue weighted by atomic mass is 9.89. The van der Waals surface area contributed by atoms with E-state index in [1.54, 1.807) is 12.4 Å². The van der Waals surface area contributed by atoms with Gasteiger partial charge in [0.15, 0.2) is 17.5 Å². The smallest absolute Gasteiger partial charge is 0.165 e. The third kappa shape index (κ3) is 4.57. The fraction of sp³-hybridized carbons (Fsp3) is 0. The summed E-state index contributed by atoms with van der Waals surface area (Å²) in [5.41, 5.74) is 6.99. The molecule has 44 heavy (non-hydrogen) atoms. The summed E-state index contributed by atoms with van der Waals surface area (Å²) in [6.45, 7) is 0. The summed E-state index contributed by atoms with van der Waals surface area (Å²) in [4.78, 5) is 24.3. The van der Waals surface area contributed by atoms with E-state index in [1.807, 2.05) is 79.0 Å². The van der Waals surface area contributed by atoms with Crippen molar-refractivity contribution in [2.75, 3.05) is 0 Å². The average molecular weight is 564 g/mol. The van der Waals surface area contributed by atoms with Crippen molar-refractivity contribution in [1.29, 1.82) is 0 Å². The molecule has 0 amide bonds. The van der Waals surface area contributed by atoms with Crippen molar-refractivity contribution in [3.8, 4) is 56.5 Å². The topological polar surface area (TPSA) is 64.5 Å². The van der Waals surface area contributed by atoms with Crippen molar-refractivity contribution < 1.29 is 0 Å². The van der Waals surface area contributed by atoms with Gasteiger partial charge in [-0.2, -0.15) is 0 Å². The van der Waals surface area contributed by atoms with Crippen LogP contribution in [-0.2, 0) is 0 Å². The third-order valence-electron chi connectivity index (χ3n) is 7.89. The van der Waals surface area contributed by atoms with Crippen LogP contribution in [-0.4, -0.2) is 24.9 Å². The van der Waals surface area contributed by atoms with Gasteiger partial charge in [0.1, 0.15) is 0 Å². The molecule has 0 N–H and O–H groups in total. The first-order valence-corrected chi connectivity index (χ1v) is 14.5. The maximum atomic E-state index is 5.10. The number of fused-ring (bicyclic) bond motifs is 2. The van der Waals surface area contributed by atoms with Crippen molar-refractivity contribution in [2.24, 2.45) is 0 Å². The third-order valence-corrected chi connectivity index (χ3v) is 7.89. The van der Waals surface area contributed by atoms with Gasteiger partial charge in [-0.25, -0.2) is 15.0 Å². The Morgan fingerprint density at radius 2 is 0.818 bits per heavy atom. The first-order chi connectivity index (χ1) is 21.8. The van der Waals surface area contributed by atoms with Crippen molar-refractivity contribution in [3.05, 3.63) is 152 Å². The van der Waals surface area contributed by atoms with Gasteiger partial charge >= 0.3 is 0 Å². The minimum Gasteiger partial charge on any atom is -0.265 e. The molecule has 8 rings (SSSR count). The number of pyridine rings is 2. The molecule has 5 heteroatoms. The Balaban J connectivity index is 1.40. The van der Waals surface area contributed by atoms with Crippen LogP contribution in [0.4, 0.5) is 0 Å². The van der Waals surface area contributed by atoms with Crippen molar-refractivity contribution >= 4 is 21.5 Å². The first kappa shape index (κ1) is 25.6. The second-order valence-corrected chi connectivity index (χ2v) is 10.5. The van der Waals surface area contributed by atoms with Crippen LogP contribution in [0.3, 0.4) is 0 Å². The largest absolute Gasteiger partial charge is 0.265 e. The fourth-order valence-corrected chi connectivity index (χ4v) is 5.82. The second-order valence-electron chi connectivity index (χ2n) is 10.5. The predicted octanol–water partition coefficient (Wildman–Crippen LogP) is 9.30. The summed E-state index contributed by atoms with van der Waals surface area (Å²) < 4.78 is 0. The average Bonchev–Trinajstić information content (AvgIpc) is 3.11. The number of hydrogen-bond donors (Lipinski definition) is 0. The van der Waals surface area contributed by atoms with Crippen LogP contribution < -0.4 is 0 Å². The fourth-order valence-electron chi connectivity index (χ4n) is 5.82. The maximum Gasteiger partial charge on any atom is 0.165 e. The number of hydrogen-bond acceptors (Lipinski definition) is 5. The molecule has 5 nitrogen and oxygen atoms in total.